The number of hydrogen-bond donors (Lipinski definition) is 0. The van der Waals surface area contributed by atoms with Gasteiger partial charge in [-0.3, -0.25) is 4.79 Å². The molecule has 0 saturated heterocycles. The summed E-state index contributed by atoms with van der Waals surface area (Å²) in [5.74, 6) is -0.0731. The summed E-state index contributed by atoms with van der Waals surface area (Å²) >= 11 is 0. The van der Waals surface area contributed by atoms with Gasteiger partial charge < -0.3 is 4.90 Å². The van der Waals surface area contributed by atoms with Crippen LogP contribution >= 0.6 is 0 Å². The van der Waals surface area contributed by atoms with E-state index in [4.69, 9.17) is 0 Å². The molecule has 4 bridgehead atoms. The molecule has 4 aliphatic carbocycles. The quantitative estimate of drug-likeness (QED) is 0.327. The van der Waals surface area contributed by atoms with E-state index in [0.29, 0.717) is 6.54 Å². The lowest BCUT2D eigenvalue weighted by atomic mass is 9.94. The molecule has 4 aromatic carbocycles. The number of rotatable bonds is 5. The zero-order valence-corrected chi connectivity index (χ0v) is 19.8. The molecular weight excluding hydrogens is 414 g/mol. The number of nitrogens with zero attached hydrogens (tertiary/aromatic N) is 1. The molecule has 2 nitrogen and oxygen atoms in total. The molecule has 4 aliphatic rings. The van der Waals surface area contributed by atoms with E-state index in [-0.39, 0.29) is 11.8 Å². The first-order chi connectivity index (χ1) is 16.7. The molecule has 0 heterocycles. The molecule has 1 amide bonds. The van der Waals surface area contributed by atoms with Crippen molar-refractivity contribution in [3.8, 4) is 0 Å². The SMILES string of the molecule is CC(C(=O)N(Cc1ccccc1)c1cc2ccc1CCc1ccc(cc1)CC2)c1ccccc1. The summed E-state index contributed by atoms with van der Waals surface area (Å²) in [5.41, 5.74) is 8.48. The Morgan fingerprint density at radius 1 is 0.706 bits per heavy atom. The van der Waals surface area contributed by atoms with Crippen LogP contribution in [0.2, 0.25) is 0 Å². The van der Waals surface area contributed by atoms with Crippen LogP contribution < -0.4 is 4.90 Å². The van der Waals surface area contributed by atoms with Gasteiger partial charge in [-0.1, -0.05) is 97.1 Å². The van der Waals surface area contributed by atoms with Crippen LogP contribution in [0.4, 0.5) is 5.69 Å². The number of aryl methyl sites for hydroxylation is 4. The van der Waals surface area contributed by atoms with Gasteiger partial charge in [-0.15, -0.1) is 0 Å². The predicted molar refractivity (Wildman–Crippen MR) is 140 cm³/mol. The Balaban J connectivity index is 1.55. The molecule has 1 unspecified atom stereocenters. The van der Waals surface area contributed by atoms with Crippen molar-refractivity contribution in [1.82, 2.24) is 0 Å². The van der Waals surface area contributed by atoms with Gasteiger partial charge in [0.2, 0.25) is 5.91 Å². The summed E-state index contributed by atoms with van der Waals surface area (Å²) in [6.07, 6.45) is 3.85. The van der Waals surface area contributed by atoms with E-state index < -0.39 is 0 Å². The number of carbonyl (C=O) groups is 1. The van der Waals surface area contributed by atoms with Crippen molar-refractivity contribution in [2.45, 2.75) is 45.1 Å². The highest BCUT2D eigenvalue weighted by Crippen LogP contribution is 2.30. The van der Waals surface area contributed by atoms with Crippen LogP contribution in [0.3, 0.4) is 0 Å². The van der Waals surface area contributed by atoms with Gasteiger partial charge in [-0.05, 0) is 72.1 Å². The third-order valence-corrected chi connectivity index (χ3v) is 6.97. The Bertz CT molecular complexity index is 1250. The lowest BCUT2D eigenvalue weighted by Gasteiger charge is -2.29. The minimum atomic E-state index is -0.216. The highest BCUT2D eigenvalue weighted by atomic mass is 16.2. The second-order valence-electron chi connectivity index (χ2n) is 9.32. The zero-order chi connectivity index (χ0) is 23.3. The molecule has 0 spiro atoms. The second kappa shape index (κ2) is 10.1. The third-order valence-electron chi connectivity index (χ3n) is 6.97. The van der Waals surface area contributed by atoms with Gasteiger partial charge in [-0.25, -0.2) is 0 Å². The molecule has 0 radical (unpaired) electrons. The van der Waals surface area contributed by atoms with Gasteiger partial charge >= 0.3 is 0 Å². The molecule has 0 N–H and O–H groups in total. The van der Waals surface area contributed by atoms with Crippen molar-refractivity contribution in [3.05, 3.63) is 137 Å². The van der Waals surface area contributed by atoms with E-state index in [1.807, 2.05) is 48.2 Å². The Kier molecular flexibility index (Phi) is 6.58. The zero-order valence-electron chi connectivity index (χ0n) is 19.8. The van der Waals surface area contributed by atoms with Crippen molar-refractivity contribution >= 4 is 11.6 Å². The summed E-state index contributed by atoms with van der Waals surface area (Å²) < 4.78 is 0. The minimum Gasteiger partial charge on any atom is -0.307 e. The van der Waals surface area contributed by atoms with Gasteiger partial charge in [0.05, 0.1) is 12.5 Å². The van der Waals surface area contributed by atoms with Crippen LogP contribution in [0.25, 0.3) is 0 Å². The summed E-state index contributed by atoms with van der Waals surface area (Å²) in [5, 5.41) is 0. The van der Waals surface area contributed by atoms with E-state index in [1.165, 1.54) is 22.3 Å². The first-order valence-corrected chi connectivity index (χ1v) is 12.3. The fourth-order valence-corrected chi connectivity index (χ4v) is 4.83. The van der Waals surface area contributed by atoms with E-state index in [1.54, 1.807) is 0 Å². The fraction of sp³-hybridized carbons (Fsp3) is 0.219. The number of anilines is 1. The number of amides is 1. The van der Waals surface area contributed by atoms with Gasteiger partial charge in [0.25, 0.3) is 0 Å². The van der Waals surface area contributed by atoms with E-state index in [0.717, 1.165) is 42.5 Å². The molecule has 1 atom stereocenters. The maximum Gasteiger partial charge on any atom is 0.234 e. The van der Waals surface area contributed by atoms with E-state index >= 15 is 0 Å². The van der Waals surface area contributed by atoms with Crippen LogP contribution in [-0.2, 0) is 37.0 Å². The smallest absolute Gasteiger partial charge is 0.234 e. The maximum atomic E-state index is 14.0. The molecule has 34 heavy (non-hydrogen) atoms. The molecule has 4 aromatic rings. The summed E-state index contributed by atoms with van der Waals surface area (Å²) in [4.78, 5) is 16.1. The molecule has 8 rings (SSSR count). The van der Waals surface area contributed by atoms with Crippen LogP contribution in [0.5, 0.6) is 0 Å². The summed E-state index contributed by atoms with van der Waals surface area (Å²) in [6, 6.07) is 36.3. The average molecular weight is 446 g/mol. The van der Waals surface area contributed by atoms with Crippen molar-refractivity contribution in [2.24, 2.45) is 0 Å². The molecule has 0 aromatic heterocycles. The summed E-state index contributed by atoms with van der Waals surface area (Å²) in [7, 11) is 0. The van der Waals surface area contributed by atoms with Crippen molar-refractivity contribution < 1.29 is 4.79 Å². The Morgan fingerprint density at radius 2 is 1.26 bits per heavy atom. The molecule has 170 valence electrons. The van der Waals surface area contributed by atoms with Gasteiger partial charge in [-0.2, -0.15) is 0 Å². The van der Waals surface area contributed by atoms with Crippen LogP contribution in [-0.4, -0.2) is 5.91 Å². The highest BCUT2D eigenvalue weighted by molar-refractivity contribution is 5.98. The van der Waals surface area contributed by atoms with Crippen molar-refractivity contribution in [1.29, 1.82) is 0 Å². The fourth-order valence-electron chi connectivity index (χ4n) is 4.83. The highest BCUT2D eigenvalue weighted by Gasteiger charge is 2.25. The van der Waals surface area contributed by atoms with E-state index in [9.17, 15) is 4.79 Å². The van der Waals surface area contributed by atoms with Gasteiger partial charge in [0.15, 0.2) is 0 Å². The normalized spacial score (nSPS) is 13.7. The molecule has 2 heteroatoms. The summed E-state index contributed by atoms with van der Waals surface area (Å²) in [6.45, 7) is 2.60. The number of hydrogen-bond acceptors (Lipinski definition) is 1. The first-order valence-electron chi connectivity index (χ1n) is 12.3. The van der Waals surface area contributed by atoms with Crippen molar-refractivity contribution in [2.75, 3.05) is 4.90 Å². The number of carbonyl (C=O) groups excluding carboxylic acids is 1. The van der Waals surface area contributed by atoms with Crippen molar-refractivity contribution in [3.63, 3.8) is 0 Å². The predicted octanol–water partition coefficient (Wildman–Crippen LogP) is 6.91. The first kappa shape index (κ1) is 22.2. The van der Waals surface area contributed by atoms with E-state index in [2.05, 4.69) is 66.7 Å². The monoisotopic (exact) mass is 445 g/mol. The van der Waals surface area contributed by atoms with Gasteiger partial charge in [0.1, 0.15) is 0 Å². The molecule has 0 saturated carbocycles. The minimum absolute atomic E-state index is 0.142. The molecule has 0 fully saturated rings. The Morgan fingerprint density at radius 3 is 1.94 bits per heavy atom. The topological polar surface area (TPSA) is 20.3 Å². The number of benzene rings is 4. The Hall–Kier alpha value is -3.65. The largest absolute Gasteiger partial charge is 0.307 e. The third kappa shape index (κ3) is 4.97. The lowest BCUT2D eigenvalue weighted by molar-refractivity contribution is -0.119. The average Bonchev–Trinajstić information content (AvgIpc) is 2.89. The van der Waals surface area contributed by atoms with Crippen LogP contribution in [0.1, 0.15) is 46.2 Å². The van der Waals surface area contributed by atoms with Crippen LogP contribution in [0, 0.1) is 0 Å². The lowest BCUT2D eigenvalue weighted by Crippen LogP contribution is -2.34. The van der Waals surface area contributed by atoms with Crippen LogP contribution in [0.15, 0.2) is 103 Å². The second-order valence-corrected chi connectivity index (χ2v) is 9.32. The maximum absolute atomic E-state index is 14.0. The van der Waals surface area contributed by atoms with Gasteiger partial charge in [0, 0.05) is 5.69 Å². The Labute approximate surface area is 202 Å². The molecular formula is C32H31NO. The standard InChI is InChI=1S/C32H31NO/c1-24(29-10-6-3-7-11-29)32(34)33(23-28-8-4-2-5-9-28)31-22-27-17-16-25-12-14-26(15-13-25)18-20-30(31)21-19-27/h2-15,19,21-22,24H,16-18,20,23H2,1H3. The molecule has 0 aliphatic heterocycles.